The van der Waals surface area contributed by atoms with Gasteiger partial charge in [-0.3, -0.25) is 4.79 Å². The van der Waals surface area contributed by atoms with Crippen LogP contribution in [0.4, 0.5) is 0 Å². The van der Waals surface area contributed by atoms with Gasteiger partial charge in [0.25, 0.3) is 0 Å². The first kappa shape index (κ1) is 14.4. The zero-order chi connectivity index (χ0) is 13.5. The predicted octanol–water partition coefficient (Wildman–Crippen LogP) is 3.63. The van der Waals surface area contributed by atoms with Crippen molar-refractivity contribution in [2.45, 2.75) is 44.4 Å². The molecule has 2 nitrogen and oxygen atoms in total. The van der Waals surface area contributed by atoms with E-state index in [1.807, 2.05) is 6.07 Å². The molecule has 0 fully saturated rings. The number of hydrogen-bond donors (Lipinski definition) is 1. The lowest BCUT2D eigenvalue weighted by atomic mass is 9.82. The Morgan fingerprint density at radius 3 is 2.95 bits per heavy atom. The summed E-state index contributed by atoms with van der Waals surface area (Å²) < 4.78 is 0. The number of hydrogen-bond acceptors (Lipinski definition) is 1. The van der Waals surface area contributed by atoms with Crippen LogP contribution in [0, 0.1) is 0 Å². The van der Waals surface area contributed by atoms with Crippen molar-refractivity contribution in [2.75, 3.05) is 12.4 Å². The Kier molecular flexibility index (Phi) is 5.71. The normalized spacial score (nSPS) is 17.8. The smallest absolute Gasteiger partial charge is 0.227 e. The van der Waals surface area contributed by atoms with E-state index in [1.54, 1.807) is 0 Å². The van der Waals surface area contributed by atoms with Crippen LogP contribution in [0.5, 0.6) is 0 Å². The Balaban J connectivity index is 1.86. The molecule has 0 aromatic heterocycles. The van der Waals surface area contributed by atoms with Gasteiger partial charge in [-0.2, -0.15) is 0 Å². The molecule has 1 atom stereocenters. The number of carbonyl (C=O) groups excluding carboxylic acids is 1. The number of fused-ring (bicyclic) bond motifs is 1. The van der Waals surface area contributed by atoms with E-state index in [9.17, 15) is 4.79 Å². The number of rotatable bonds is 6. The van der Waals surface area contributed by atoms with Crippen LogP contribution in [0.15, 0.2) is 24.3 Å². The highest BCUT2D eigenvalue weighted by Gasteiger charge is 2.25. The Morgan fingerprint density at radius 1 is 1.26 bits per heavy atom. The van der Waals surface area contributed by atoms with Gasteiger partial charge in [0.1, 0.15) is 0 Å². The van der Waals surface area contributed by atoms with Crippen molar-refractivity contribution in [1.82, 2.24) is 5.32 Å². The van der Waals surface area contributed by atoms with Gasteiger partial charge in [-0.15, -0.1) is 11.6 Å². The average molecular weight is 280 g/mol. The van der Waals surface area contributed by atoms with Crippen molar-refractivity contribution in [2.24, 2.45) is 0 Å². The van der Waals surface area contributed by atoms with Crippen LogP contribution in [0.25, 0.3) is 0 Å². The number of alkyl halides is 1. The molecule has 1 amide bonds. The fraction of sp³-hybridized carbons (Fsp3) is 0.562. The zero-order valence-corrected chi connectivity index (χ0v) is 12.1. The van der Waals surface area contributed by atoms with Crippen molar-refractivity contribution in [3.05, 3.63) is 35.4 Å². The van der Waals surface area contributed by atoms with E-state index >= 15 is 0 Å². The summed E-state index contributed by atoms with van der Waals surface area (Å²) in [6.45, 7) is 0.772. The molecule has 0 aliphatic heterocycles. The Bertz CT molecular complexity index is 419. The quantitative estimate of drug-likeness (QED) is 0.625. The molecule has 2 rings (SSSR count). The summed E-state index contributed by atoms with van der Waals surface area (Å²) >= 11 is 5.63. The van der Waals surface area contributed by atoms with Gasteiger partial charge in [0.15, 0.2) is 0 Å². The van der Waals surface area contributed by atoms with Crippen LogP contribution in [0.1, 0.15) is 49.1 Å². The Morgan fingerprint density at radius 2 is 2.11 bits per heavy atom. The third-order valence-electron chi connectivity index (χ3n) is 3.80. The first-order chi connectivity index (χ1) is 9.33. The van der Waals surface area contributed by atoms with Gasteiger partial charge < -0.3 is 5.32 Å². The molecule has 3 heteroatoms. The third kappa shape index (κ3) is 3.97. The number of aryl methyl sites for hydroxylation is 1. The minimum absolute atomic E-state index is 0.0537. The first-order valence-corrected chi connectivity index (χ1v) is 7.78. The molecule has 1 aromatic carbocycles. The van der Waals surface area contributed by atoms with E-state index in [4.69, 9.17) is 11.6 Å². The maximum atomic E-state index is 12.3. The molecule has 0 saturated carbocycles. The topological polar surface area (TPSA) is 29.1 Å². The maximum Gasteiger partial charge on any atom is 0.227 e. The van der Waals surface area contributed by atoms with Gasteiger partial charge >= 0.3 is 0 Å². The van der Waals surface area contributed by atoms with Crippen LogP contribution in [0.3, 0.4) is 0 Å². The Labute approximate surface area is 120 Å². The maximum absolute atomic E-state index is 12.3. The number of carbonyl (C=O) groups is 1. The van der Waals surface area contributed by atoms with Gasteiger partial charge in [0.2, 0.25) is 5.91 Å². The SMILES string of the molecule is O=C(NCCCCCCl)C1CCCc2ccccc21. The van der Waals surface area contributed by atoms with E-state index in [-0.39, 0.29) is 11.8 Å². The summed E-state index contributed by atoms with van der Waals surface area (Å²) in [5.74, 6) is 0.959. The lowest BCUT2D eigenvalue weighted by molar-refractivity contribution is -0.122. The molecular formula is C16H22ClNO. The van der Waals surface area contributed by atoms with Gasteiger partial charge in [-0.05, 0) is 43.2 Å². The van der Waals surface area contributed by atoms with Crippen molar-refractivity contribution >= 4 is 17.5 Å². The lowest BCUT2D eigenvalue weighted by Gasteiger charge is -2.24. The summed E-state index contributed by atoms with van der Waals surface area (Å²) in [5, 5.41) is 3.07. The molecule has 1 N–H and O–H groups in total. The van der Waals surface area contributed by atoms with E-state index in [1.165, 1.54) is 11.1 Å². The van der Waals surface area contributed by atoms with E-state index in [2.05, 4.69) is 23.5 Å². The van der Waals surface area contributed by atoms with Gasteiger partial charge in [-0.1, -0.05) is 30.7 Å². The summed E-state index contributed by atoms with van der Waals surface area (Å²) in [4.78, 5) is 12.3. The second kappa shape index (κ2) is 7.54. The number of amides is 1. The number of nitrogens with one attached hydrogen (secondary N) is 1. The van der Waals surface area contributed by atoms with Crippen molar-refractivity contribution < 1.29 is 4.79 Å². The van der Waals surface area contributed by atoms with E-state index < -0.39 is 0 Å². The molecular weight excluding hydrogens is 258 g/mol. The highest BCUT2D eigenvalue weighted by molar-refractivity contribution is 6.17. The van der Waals surface area contributed by atoms with Crippen molar-refractivity contribution in [3.8, 4) is 0 Å². The number of halogens is 1. The summed E-state index contributed by atoms with van der Waals surface area (Å²) in [6, 6.07) is 8.34. The van der Waals surface area contributed by atoms with Gasteiger partial charge in [-0.25, -0.2) is 0 Å². The minimum atomic E-state index is 0.0537. The number of benzene rings is 1. The highest BCUT2D eigenvalue weighted by Crippen LogP contribution is 2.31. The molecule has 1 aliphatic carbocycles. The molecule has 1 aromatic rings. The zero-order valence-electron chi connectivity index (χ0n) is 11.3. The van der Waals surface area contributed by atoms with Crippen LogP contribution in [-0.4, -0.2) is 18.3 Å². The second-order valence-electron chi connectivity index (χ2n) is 5.18. The molecule has 0 saturated heterocycles. The molecule has 19 heavy (non-hydrogen) atoms. The van der Waals surface area contributed by atoms with Crippen LogP contribution in [0.2, 0.25) is 0 Å². The molecule has 0 heterocycles. The van der Waals surface area contributed by atoms with Crippen LogP contribution >= 0.6 is 11.6 Å². The number of unbranched alkanes of at least 4 members (excludes halogenated alkanes) is 2. The second-order valence-corrected chi connectivity index (χ2v) is 5.56. The first-order valence-electron chi connectivity index (χ1n) is 7.24. The standard InChI is InChI=1S/C16H22ClNO/c17-11-4-1-5-12-18-16(19)15-10-6-8-13-7-2-3-9-14(13)15/h2-3,7,9,15H,1,4-6,8,10-12H2,(H,18,19). The van der Waals surface area contributed by atoms with Crippen LogP contribution < -0.4 is 5.32 Å². The molecule has 1 unspecified atom stereocenters. The lowest BCUT2D eigenvalue weighted by Crippen LogP contribution is -2.32. The third-order valence-corrected chi connectivity index (χ3v) is 4.06. The molecule has 0 bridgehead atoms. The fourth-order valence-corrected chi connectivity index (χ4v) is 2.95. The van der Waals surface area contributed by atoms with E-state index in [0.717, 1.165) is 45.1 Å². The minimum Gasteiger partial charge on any atom is -0.356 e. The summed E-state index contributed by atoms with van der Waals surface area (Å²) in [7, 11) is 0. The molecule has 1 aliphatic rings. The van der Waals surface area contributed by atoms with E-state index in [0.29, 0.717) is 5.88 Å². The Hall–Kier alpha value is -1.02. The largest absolute Gasteiger partial charge is 0.356 e. The van der Waals surface area contributed by atoms with Gasteiger partial charge in [0.05, 0.1) is 5.92 Å². The fourth-order valence-electron chi connectivity index (χ4n) is 2.76. The highest BCUT2D eigenvalue weighted by atomic mass is 35.5. The average Bonchev–Trinajstić information content (AvgIpc) is 2.46. The molecule has 104 valence electrons. The molecule has 0 radical (unpaired) electrons. The van der Waals surface area contributed by atoms with Gasteiger partial charge in [0, 0.05) is 12.4 Å². The van der Waals surface area contributed by atoms with Crippen molar-refractivity contribution in [1.29, 1.82) is 0 Å². The summed E-state index contributed by atoms with van der Waals surface area (Å²) in [6.07, 6.45) is 6.34. The predicted molar refractivity (Wildman–Crippen MR) is 79.7 cm³/mol. The summed E-state index contributed by atoms with van der Waals surface area (Å²) in [5.41, 5.74) is 2.57. The van der Waals surface area contributed by atoms with Crippen LogP contribution in [-0.2, 0) is 11.2 Å². The monoisotopic (exact) mass is 279 g/mol. The molecule has 0 spiro atoms. The van der Waals surface area contributed by atoms with Crippen molar-refractivity contribution in [3.63, 3.8) is 0 Å².